The first-order valence-corrected chi connectivity index (χ1v) is 6.94. The zero-order valence-electron chi connectivity index (χ0n) is 10.6. The van der Waals surface area contributed by atoms with E-state index in [4.69, 9.17) is 0 Å². The van der Waals surface area contributed by atoms with Crippen molar-refractivity contribution in [3.63, 3.8) is 0 Å². The van der Waals surface area contributed by atoms with Crippen LogP contribution < -0.4 is 5.32 Å². The van der Waals surface area contributed by atoms with Gasteiger partial charge in [0.2, 0.25) is 0 Å². The molecule has 0 unspecified atom stereocenters. The predicted molar refractivity (Wildman–Crippen MR) is 78.2 cm³/mol. The lowest BCUT2D eigenvalue weighted by Crippen LogP contribution is -1.98. The molecule has 2 aromatic heterocycles. The van der Waals surface area contributed by atoms with Crippen molar-refractivity contribution < 1.29 is 0 Å². The molecular formula is C14H14N4S. The van der Waals surface area contributed by atoms with Crippen LogP contribution >= 0.6 is 11.3 Å². The number of nitrogens with zero attached hydrogens (tertiary/aromatic N) is 2. The van der Waals surface area contributed by atoms with Gasteiger partial charge in [-0.05, 0) is 30.7 Å². The van der Waals surface area contributed by atoms with E-state index < -0.39 is 0 Å². The van der Waals surface area contributed by atoms with E-state index in [2.05, 4.69) is 50.1 Å². The lowest BCUT2D eigenvalue weighted by Gasteiger charge is -2.05. The number of benzene rings is 1. The van der Waals surface area contributed by atoms with Gasteiger partial charge in [0.25, 0.3) is 0 Å². The first kappa shape index (κ1) is 11.9. The second-order valence-electron chi connectivity index (χ2n) is 4.28. The normalized spacial score (nSPS) is 10.6. The maximum Gasteiger partial charge on any atom is 0.112 e. The number of nitrogens with one attached hydrogen (secondary N) is 2. The Balaban J connectivity index is 1.66. The summed E-state index contributed by atoms with van der Waals surface area (Å²) in [6, 6.07) is 10.2. The second-order valence-corrected chi connectivity index (χ2v) is 5.23. The number of hydrogen-bond donors (Lipinski definition) is 2. The topological polar surface area (TPSA) is 53.6 Å². The van der Waals surface area contributed by atoms with Crippen LogP contribution in [0.2, 0.25) is 0 Å². The molecule has 0 saturated heterocycles. The van der Waals surface area contributed by atoms with Crippen molar-refractivity contribution in [1.29, 1.82) is 0 Å². The van der Waals surface area contributed by atoms with Gasteiger partial charge in [0, 0.05) is 23.0 Å². The number of rotatable bonds is 4. The van der Waals surface area contributed by atoms with Crippen molar-refractivity contribution in [2.24, 2.45) is 0 Å². The summed E-state index contributed by atoms with van der Waals surface area (Å²) in [5.41, 5.74) is 4.34. The Hall–Kier alpha value is -2.14. The monoisotopic (exact) mass is 270 g/mol. The predicted octanol–water partition coefficient (Wildman–Crippen LogP) is 3.45. The number of thiazole rings is 1. The average molecular weight is 270 g/mol. The third-order valence-corrected chi connectivity index (χ3v) is 3.77. The molecule has 3 rings (SSSR count). The Morgan fingerprint density at radius 2 is 2.05 bits per heavy atom. The molecule has 0 fully saturated rings. The van der Waals surface area contributed by atoms with Crippen molar-refractivity contribution >= 4 is 17.0 Å². The number of anilines is 1. The molecule has 19 heavy (non-hydrogen) atoms. The van der Waals surface area contributed by atoms with Gasteiger partial charge in [0.15, 0.2) is 0 Å². The van der Waals surface area contributed by atoms with E-state index in [1.165, 1.54) is 0 Å². The van der Waals surface area contributed by atoms with Crippen LogP contribution in [0.5, 0.6) is 0 Å². The van der Waals surface area contributed by atoms with Gasteiger partial charge in [-0.2, -0.15) is 5.10 Å². The van der Waals surface area contributed by atoms with E-state index in [0.29, 0.717) is 0 Å². The van der Waals surface area contributed by atoms with Crippen LogP contribution in [0.1, 0.15) is 10.7 Å². The van der Waals surface area contributed by atoms with Gasteiger partial charge in [-0.15, -0.1) is 11.3 Å². The zero-order chi connectivity index (χ0) is 13.1. The number of aromatic amines is 1. The second kappa shape index (κ2) is 5.24. The lowest BCUT2D eigenvalue weighted by atomic mass is 10.1. The molecule has 0 aliphatic carbocycles. The summed E-state index contributed by atoms with van der Waals surface area (Å²) in [5.74, 6) is 0. The maximum atomic E-state index is 4.43. The Kier molecular flexibility index (Phi) is 3.29. The summed E-state index contributed by atoms with van der Waals surface area (Å²) in [6.45, 7) is 2.78. The smallest absolute Gasteiger partial charge is 0.112 e. The highest BCUT2D eigenvalue weighted by molar-refractivity contribution is 7.09. The molecule has 5 heteroatoms. The largest absolute Gasteiger partial charge is 0.379 e. The molecule has 96 valence electrons. The fraction of sp³-hybridized carbons (Fsp3) is 0.143. The molecule has 0 aliphatic rings. The first-order chi connectivity index (χ1) is 9.31. The van der Waals surface area contributed by atoms with Crippen LogP contribution in [0, 0.1) is 6.92 Å². The molecule has 2 N–H and O–H groups in total. The van der Waals surface area contributed by atoms with Crippen LogP contribution in [0.4, 0.5) is 5.69 Å². The van der Waals surface area contributed by atoms with Crippen LogP contribution in [0.25, 0.3) is 11.3 Å². The SMILES string of the molecule is Cc1csc(CNc2ccc(-c3ccn[nH]3)cc2)n1. The van der Waals surface area contributed by atoms with Gasteiger partial charge >= 0.3 is 0 Å². The van der Waals surface area contributed by atoms with Gasteiger partial charge < -0.3 is 5.32 Å². The van der Waals surface area contributed by atoms with E-state index in [1.54, 1.807) is 17.5 Å². The number of H-pyrrole nitrogens is 1. The lowest BCUT2D eigenvalue weighted by molar-refractivity contribution is 1.08. The Morgan fingerprint density at radius 3 is 2.68 bits per heavy atom. The summed E-state index contributed by atoms with van der Waals surface area (Å²) in [7, 11) is 0. The Bertz CT molecular complexity index is 640. The minimum absolute atomic E-state index is 0.766. The summed E-state index contributed by atoms with van der Waals surface area (Å²) in [6.07, 6.45) is 1.76. The molecule has 2 heterocycles. The fourth-order valence-corrected chi connectivity index (χ4v) is 2.56. The van der Waals surface area contributed by atoms with Gasteiger partial charge in [-0.25, -0.2) is 4.98 Å². The molecule has 0 amide bonds. The minimum atomic E-state index is 0.766. The molecule has 1 aromatic carbocycles. The highest BCUT2D eigenvalue weighted by Gasteiger charge is 2.00. The highest BCUT2D eigenvalue weighted by Crippen LogP contribution is 2.19. The summed E-state index contributed by atoms with van der Waals surface area (Å²) < 4.78 is 0. The maximum absolute atomic E-state index is 4.43. The first-order valence-electron chi connectivity index (χ1n) is 6.06. The van der Waals surface area contributed by atoms with Gasteiger partial charge in [0.05, 0.1) is 12.2 Å². The van der Waals surface area contributed by atoms with Crippen molar-refractivity contribution in [1.82, 2.24) is 15.2 Å². The van der Waals surface area contributed by atoms with E-state index >= 15 is 0 Å². The highest BCUT2D eigenvalue weighted by atomic mass is 32.1. The standard InChI is InChI=1S/C14H14N4S/c1-10-9-19-14(17-10)8-15-12-4-2-11(3-5-12)13-6-7-16-18-13/h2-7,9,15H,8H2,1H3,(H,16,18). The summed E-state index contributed by atoms with van der Waals surface area (Å²) in [4.78, 5) is 4.43. The van der Waals surface area contributed by atoms with Gasteiger partial charge in [0.1, 0.15) is 5.01 Å². The number of hydrogen-bond acceptors (Lipinski definition) is 4. The van der Waals surface area contributed by atoms with Gasteiger partial charge in [-0.1, -0.05) is 12.1 Å². The Labute approximate surface area is 115 Å². The van der Waals surface area contributed by atoms with E-state index in [-0.39, 0.29) is 0 Å². The number of aromatic nitrogens is 3. The molecule has 0 saturated carbocycles. The quantitative estimate of drug-likeness (QED) is 0.763. The molecule has 0 aliphatic heterocycles. The third kappa shape index (κ3) is 2.82. The zero-order valence-corrected chi connectivity index (χ0v) is 11.4. The molecular weight excluding hydrogens is 256 g/mol. The average Bonchev–Trinajstić information content (AvgIpc) is 3.08. The van der Waals surface area contributed by atoms with Crippen LogP contribution in [0.15, 0.2) is 41.9 Å². The third-order valence-electron chi connectivity index (χ3n) is 2.81. The Morgan fingerprint density at radius 1 is 1.21 bits per heavy atom. The van der Waals surface area contributed by atoms with Crippen molar-refractivity contribution in [2.75, 3.05) is 5.32 Å². The van der Waals surface area contributed by atoms with Crippen molar-refractivity contribution in [3.05, 3.63) is 52.6 Å². The van der Waals surface area contributed by atoms with Crippen molar-refractivity contribution in [2.45, 2.75) is 13.5 Å². The minimum Gasteiger partial charge on any atom is -0.379 e. The van der Waals surface area contributed by atoms with E-state index in [9.17, 15) is 0 Å². The van der Waals surface area contributed by atoms with E-state index in [0.717, 1.165) is 34.2 Å². The van der Waals surface area contributed by atoms with Gasteiger partial charge in [-0.3, -0.25) is 5.10 Å². The van der Waals surface area contributed by atoms with Crippen LogP contribution in [-0.2, 0) is 6.54 Å². The molecule has 4 nitrogen and oxygen atoms in total. The number of aryl methyl sites for hydroxylation is 1. The van der Waals surface area contributed by atoms with Crippen LogP contribution in [0.3, 0.4) is 0 Å². The van der Waals surface area contributed by atoms with Crippen LogP contribution in [-0.4, -0.2) is 15.2 Å². The summed E-state index contributed by atoms with van der Waals surface area (Å²) in [5, 5.41) is 13.4. The molecule has 0 radical (unpaired) electrons. The molecule has 3 aromatic rings. The summed E-state index contributed by atoms with van der Waals surface area (Å²) >= 11 is 1.68. The molecule has 0 bridgehead atoms. The fourth-order valence-electron chi connectivity index (χ4n) is 1.85. The van der Waals surface area contributed by atoms with Crippen molar-refractivity contribution in [3.8, 4) is 11.3 Å². The molecule has 0 spiro atoms. The van der Waals surface area contributed by atoms with E-state index in [1.807, 2.05) is 13.0 Å². The molecule has 0 atom stereocenters.